The molecule has 11 heteroatoms. The minimum absolute atomic E-state index is 0.120. The molecule has 0 aliphatic carbocycles. The minimum Gasteiger partial charge on any atom is -0.322 e. The summed E-state index contributed by atoms with van der Waals surface area (Å²) in [6, 6.07) is 19.0. The van der Waals surface area contributed by atoms with Crippen molar-refractivity contribution in [2.24, 2.45) is 0 Å². The maximum Gasteiger partial charge on any atom is 0.416 e. The van der Waals surface area contributed by atoms with Gasteiger partial charge in [-0.05, 0) is 53.9 Å². The van der Waals surface area contributed by atoms with Crippen molar-refractivity contribution in [2.75, 3.05) is 16.8 Å². The Labute approximate surface area is 226 Å². The van der Waals surface area contributed by atoms with Gasteiger partial charge in [-0.3, -0.25) is 24.7 Å². The lowest BCUT2D eigenvalue weighted by atomic mass is 9.94. The van der Waals surface area contributed by atoms with Gasteiger partial charge in [0.05, 0.1) is 28.0 Å². The Bertz CT molecular complexity index is 1610. The van der Waals surface area contributed by atoms with Crippen LogP contribution in [0.25, 0.3) is 11.1 Å². The highest BCUT2D eigenvalue weighted by Gasteiger charge is 2.36. The molecular formula is C29H21F3N4O4. The summed E-state index contributed by atoms with van der Waals surface area (Å²) in [5.41, 5.74) is -0.268. The number of alkyl halides is 3. The summed E-state index contributed by atoms with van der Waals surface area (Å²) in [7, 11) is 0. The number of anilines is 2. The molecule has 1 aliphatic rings. The fraction of sp³-hybridized carbons (Fsp3) is 0.138. The highest BCUT2D eigenvalue weighted by atomic mass is 19.4. The number of pyridine rings is 1. The molecule has 0 spiro atoms. The average Bonchev–Trinajstić information content (AvgIpc) is 3.36. The molecule has 0 saturated heterocycles. The number of nitro benzene ring substituents is 1. The zero-order chi connectivity index (χ0) is 28.4. The second kappa shape index (κ2) is 10.6. The molecule has 0 fully saturated rings. The van der Waals surface area contributed by atoms with E-state index in [9.17, 15) is 32.9 Å². The molecule has 8 nitrogen and oxygen atoms in total. The zero-order valence-electron chi connectivity index (χ0n) is 20.8. The van der Waals surface area contributed by atoms with Crippen molar-refractivity contribution in [3.8, 4) is 11.1 Å². The third kappa shape index (κ3) is 5.39. The fourth-order valence-corrected chi connectivity index (χ4v) is 4.71. The zero-order valence-corrected chi connectivity index (χ0v) is 20.8. The first-order valence-electron chi connectivity index (χ1n) is 12.2. The van der Waals surface area contributed by atoms with Crippen LogP contribution in [-0.2, 0) is 23.8 Å². The predicted molar refractivity (Wildman–Crippen MR) is 142 cm³/mol. The third-order valence-corrected chi connectivity index (χ3v) is 6.54. The van der Waals surface area contributed by atoms with Crippen molar-refractivity contribution >= 4 is 28.9 Å². The Kier molecular flexibility index (Phi) is 7.03. The summed E-state index contributed by atoms with van der Waals surface area (Å²) in [5, 5.41) is 14.4. The number of benzene rings is 3. The number of rotatable bonds is 6. The van der Waals surface area contributed by atoms with Crippen molar-refractivity contribution in [1.29, 1.82) is 0 Å². The van der Waals surface area contributed by atoms with Crippen molar-refractivity contribution in [3.05, 3.63) is 118 Å². The smallest absolute Gasteiger partial charge is 0.322 e. The van der Waals surface area contributed by atoms with Gasteiger partial charge in [-0.2, -0.15) is 13.2 Å². The van der Waals surface area contributed by atoms with Crippen LogP contribution in [-0.4, -0.2) is 28.3 Å². The number of carbonyl (C=O) groups excluding carboxylic acids is 2. The number of aromatic nitrogens is 1. The maximum absolute atomic E-state index is 13.6. The van der Waals surface area contributed by atoms with Gasteiger partial charge in [0.1, 0.15) is 0 Å². The molecule has 1 N–H and O–H groups in total. The summed E-state index contributed by atoms with van der Waals surface area (Å²) in [6.07, 6.45) is -2.67. The van der Waals surface area contributed by atoms with Gasteiger partial charge in [0.25, 0.3) is 11.6 Å². The number of nitro groups is 1. The Balaban J connectivity index is 1.46. The van der Waals surface area contributed by atoms with Crippen LogP contribution in [0.4, 0.5) is 30.2 Å². The van der Waals surface area contributed by atoms with Gasteiger partial charge >= 0.3 is 6.18 Å². The van der Waals surface area contributed by atoms with Gasteiger partial charge < -0.3 is 10.2 Å². The molecular weight excluding hydrogens is 525 g/mol. The van der Waals surface area contributed by atoms with Gasteiger partial charge in [0.15, 0.2) is 0 Å². The highest BCUT2D eigenvalue weighted by Crippen LogP contribution is 2.40. The number of halogens is 3. The van der Waals surface area contributed by atoms with Crippen molar-refractivity contribution < 1.29 is 27.7 Å². The molecule has 0 saturated carbocycles. The molecule has 1 aliphatic heterocycles. The summed E-state index contributed by atoms with van der Waals surface area (Å²) in [5.74, 6) is -1.08. The second-order valence-corrected chi connectivity index (χ2v) is 9.13. The number of hydrogen-bond acceptors (Lipinski definition) is 5. The van der Waals surface area contributed by atoms with Crippen LogP contribution in [0.15, 0.2) is 85.1 Å². The lowest BCUT2D eigenvalue weighted by Crippen LogP contribution is -2.30. The number of nitrogens with one attached hydrogen (secondary N) is 1. The van der Waals surface area contributed by atoms with Crippen LogP contribution in [0.3, 0.4) is 0 Å². The normalized spacial score (nSPS) is 12.6. The number of hydrogen-bond donors (Lipinski definition) is 1. The minimum atomic E-state index is -4.91. The summed E-state index contributed by atoms with van der Waals surface area (Å²) >= 11 is 0. The lowest BCUT2D eigenvalue weighted by Gasteiger charge is -2.18. The van der Waals surface area contributed by atoms with E-state index in [1.165, 1.54) is 18.2 Å². The first-order valence-corrected chi connectivity index (χ1v) is 12.2. The first kappa shape index (κ1) is 26.5. The molecule has 40 heavy (non-hydrogen) atoms. The largest absolute Gasteiger partial charge is 0.416 e. The number of fused-ring (bicyclic) bond motifs is 1. The Morgan fingerprint density at radius 2 is 1.75 bits per heavy atom. The van der Waals surface area contributed by atoms with Gasteiger partial charge in [-0.15, -0.1) is 0 Å². The van der Waals surface area contributed by atoms with E-state index in [0.717, 1.165) is 5.56 Å². The molecule has 2 heterocycles. The maximum atomic E-state index is 13.6. The van der Waals surface area contributed by atoms with E-state index in [1.54, 1.807) is 59.6 Å². The average molecular weight is 547 g/mol. The number of nitrogens with zero attached hydrogens (tertiary/aromatic N) is 3. The Morgan fingerprint density at radius 3 is 2.42 bits per heavy atom. The van der Waals surface area contributed by atoms with E-state index < -0.39 is 33.8 Å². The Hall–Kier alpha value is -5.06. The van der Waals surface area contributed by atoms with Crippen LogP contribution in [0.2, 0.25) is 0 Å². The molecule has 0 bridgehead atoms. The topological polar surface area (TPSA) is 105 Å². The summed E-state index contributed by atoms with van der Waals surface area (Å²) < 4.78 is 40.9. The van der Waals surface area contributed by atoms with E-state index in [4.69, 9.17) is 0 Å². The fourth-order valence-electron chi connectivity index (χ4n) is 4.71. The molecule has 2 amide bonds. The Morgan fingerprint density at radius 1 is 1.00 bits per heavy atom. The molecule has 3 aromatic carbocycles. The second-order valence-electron chi connectivity index (χ2n) is 9.13. The van der Waals surface area contributed by atoms with Crippen LogP contribution in [0.1, 0.15) is 27.2 Å². The monoisotopic (exact) mass is 546 g/mol. The van der Waals surface area contributed by atoms with E-state index in [2.05, 4.69) is 10.3 Å². The lowest BCUT2D eigenvalue weighted by molar-refractivity contribution is -0.384. The van der Waals surface area contributed by atoms with Crippen LogP contribution < -0.4 is 10.2 Å². The molecule has 1 aromatic heterocycles. The van der Waals surface area contributed by atoms with E-state index in [1.807, 2.05) is 0 Å². The molecule has 0 atom stereocenters. The van der Waals surface area contributed by atoms with E-state index >= 15 is 0 Å². The highest BCUT2D eigenvalue weighted by molar-refractivity contribution is 6.10. The van der Waals surface area contributed by atoms with Crippen molar-refractivity contribution in [3.63, 3.8) is 0 Å². The van der Waals surface area contributed by atoms with Crippen LogP contribution in [0.5, 0.6) is 0 Å². The quantitative estimate of drug-likeness (QED) is 0.234. The summed E-state index contributed by atoms with van der Waals surface area (Å²) in [4.78, 5) is 42.9. The van der Waals surface area contributed by atoms with Gasteiger partial charge in [-0.1, -0.05) is 36.4 Å². The molecule has 5 rings (SSSR count). The predicted octanol–water partition coefficient (Wildman–Crippen LogP) is 6.06. The van der Waals surface area contributed by atoms with E-state index in [-0.39, 0.29) is 29.1 Å². The summed E-state index contributed by atoms with van der Waals surface area (Å²) in [6.45, 7) is 0.427. The van der Waals surface area contributed by atoms with Crippen LogP contribution in [0, 0.1) is 10.1 Å². The molecule has 4 aromatic rings. The third-order valence-electron chi connectivity index (χ3n) is 6.54. The van der Waals surface area contributed by atoms with Crippen molar-refractivity contribution in [1.82, 2.24) is 4.98 Å². The first-order chi connectivity index (χ1) is 19.1. The van der Waals surface area contributed by atoms with E-state index in [0.29, 0.717) is 36.5 Å². The molecule has 202 valence electrons. The molecule has 0 unspecified atom stereocenters. The molecule has 0 radical (unpaired) electrons. The number of carbonyl (C=O) groups is 2. The van der Waals surface area contributed by atoms with Gasteiger partial charge in [0, 0.05) is 35.9 Å². The SMILES string of the molecule is O=C(Nc1ccc2c(c1)CCN2C(=O)Cc1ccccn1)c1cc(C(F)(F)F)cc([N+](=O)[O-])c1-c1ccccc1. The van der Waals surface area contributed by atoms with Gasteiger partial charge in [-0.25, -0.2) is 0 Å². The van der Waals surface area contributed by atoms with Crippen LogP contribution >= 0.6 is 0 Å². The van der Waals surface area contributed by atoms with Crippen molar-refractivity contribution in [2.45, 2.75) is 19.0 Å². The standard InChI is InChI=1S/C29H21F3N4O4/c30-29(31,32)20-15-23(27(25(16-20)36(39)40)18-6-2-1-3-7-18)28(38)34-22-9-10-24-19(14-22)11-13-35(24)26(37)17-21-8-4-5-12-33-21/h1-10,12,14-16H,11,13,17H2,(H,34,38). The number of amides is 2. The van der Waals surface area contributed by atoms with Gasteiger partial charge in [0.2, 0.25) is 5.91 Å².